The summed E-state index contributed by atoms with van der Waals surface area (Å²) in [5.74, 6) is -1.35. The highest BCUT2D eigenvalue weighted by molar-refractivity contribution is 5.98. The van der Waals surface area contributed by atoms with Crippen molar-refractivity contribution >= 4 is 22.8 Å². The summed E-state index contributed by atoms with van der Waals surface area (Å²) < 4.78 is 51.6. The van der Waals surface area contributed by atoms with Crippen molar-refractivity contribution in [1.29, 1.82) is 0 Å². The second-order valence-corrected chi connectivity index (χ2v) is 7.82. The summed E-state index contributed by atoms with van der Waals surface area (Å²) in [5.41, 5.74) is -0.327. The number of benzene rings is 3. The summed E-state index contributed by atoms with van der Waals surface area (Å²) >= 11 is 0. The number of rotatable bonds is 7. The Morgan fingerprint density at radius 1 is 0.917 bits per heavy atom. The standard InChI is InChI=1S/C27H21F3N2O4/c1-35-19-13-11-18(12-14-19)25(17-7-3-2-4-8-17)32-23(33)16-36-26(34)21-15-31-22-10-6-5-9-20(22)24(21)27(28,29)30/h2-15,25H,16H2,1H3,(H,32,33)/t25-/m0/s1. The van der Waals surface area contributed by atoms with Gasteiger partial charge in [0.15, 0.2) is 6.61 Å². The van der Waals surface area contributed by atoms with Crippen LogP contribution >= 0.6 is 0 Å². The molecule has 4 rings (SSSR count). The summed E-state index contributed by atoms with van der Waals surface area (Å²) in [5, 5.41) is 2.54. The van der Waals surface area contributed by atoms with Crippen LogP contribution in [0.15, 0.2) is 85.1 Å². The highest BCUT2D eigenvalue weighted by atomic mass is 19.4. The molecule has 6 nitrogen and oxygen atoms in total. The van der Waals surface area contributed by atoms with Gasteiger partial charge in [0.25, 0.3) is 5.91 Å². The zero-order valence-corrected chi connectivity index (χ0v) is 19.1. The van der Waals surface area contributed by atoms with Gasteiger partial charge in [-0.25, -0.2) is 4.79 Å². The van der Waals surface area contributed by atoms with Gasteiger partial charge < -0.3 is 14.8 Å². The zero-order chi connectivity index (χ0) is 25.7. The second kappa shape index (κ2) is 10.5. The van der Waals surface area contributed by atoms with Gasteiger partial charge in [-0.3, -0.25) is 9.78 Å². The van der Waals surface area contributed by atoms with Crippen molar-refractivity contribution in [2.75, 3.05) is 13.7 Å². The van der Waals surface area contributed by atoms with Gasteiger partial charge >= 0.3 is 12.1 Å². The van der Waals surface area contributed by atoms with Gasteiger partial charge in [-0.15, -0.1) is 0 Å². The quantitative estimate of drug-likeness (QED) is 0.352. The van der Waals surface area contributed by atoms with Crippen molar-refractivity contribution in [3.63, 3.8) is 0 Å². The molecule has 0 spiro atoms. The lowest BCUT2D eigenvalue weighted by Gasteiger charge is -2.20. The molecule has 0 bridgehead atoms. The number of ether oxygens (including phenoxy) is 2. The normalized spacial score (nSPS) is 12.1. The van der Waals surface area contributed by atoms with Crippen molar-refractivity contribution in [2.45, 2.75) is 12.2 Å². The Hall–Kier alpha value is -4.40. The number of nitrogens with one attached hydrogen (secondary N) is 1. The van der Waals surface area contributed by atoms with Crippen LogP contribution in [0.4, 0.5) is 13.2 Å². The summed E-state index contributed by atoms with van der Waals surface area (Å²) in [6.07, 6.45) is -4.01. The topological polar surface area (TPSA) is 77.5 Å². The summed E-state index contributed by atoms with van der Waals surface area (Å²) in [7, 11) is 1.54. The van der Waals surface area contributed by atoms with E-state index in [-0.39, 0.29) is 10.9 Å². The SMILES string of the molecule is COc1ccc([C@@H](NC(=O)COC(=O)c2cnc3ccccc3c2C(F)(F)F)c2ccccc2)cc1. The molecule has 1 amide bonds. The predicted molar refractivity (Wildman–Crippen MR) is 126 cm³/mol. The van der Waals surface area contributed by atoms with Crippen LogP contribution in [0.1, 0.15) is 33.1 Å². The third kappa shape index (κ3) is 5.46. The van der Waals surface area contributed by atoms with Crippen LogP contribution in [0, 0.1) is 0 Å². The lowest BCUT2D eigenvalue weighted by Crippen LogP contribution is -2.33. The number of hydrogen-bond donors (Lipinski definition) is 1. The van der Waals surface area contributed by atoms with E-state index < -0.39 is 41.8 Å². The van der Waals surface area contributed by atoms with Crippen molar-refractivity contribution in [3.8, 4) is 5.75 Å². The van der Waals surface area contributed by atoms with E-state index in [4.69, 9.17) is 9.47 Å². The fourth-order valence-corrected chi connectivity index (χ4v) is 3.81. The van der Waals surface area contributed by atoms with Crippen LogP contribution in [0.25, 0.3) is 10.9 Å². The second-order valence-electron chi connectivity index (χ2n) is 7.82. The first-order valence-electron chi connectivity index (χ1n) is 10.9. The minimum absolute atomic E-state index is 0.0873. The Morgan fingerprint density at radius 3 is 2.22 bits per heavy atom. The minimum Gasteiger partial charge on any atom is -0.497 e. The number of methoxy groups -OCH3 is 1. The molecular weight excluding hydrogens is 473 g/mol. The average molecular weight is 494 g/mol. The van der Waals surface area contributed by atoms with E-state index >= 15 is 0 Å². The number of amides is 1. The smallest absolute Gasteiger partial charge is 0.417 e. The molecule has 1 heterocycles. The average Bonchev–Trinajstić information content (AvgIpc) is 2.89. The van der Waals surface area contributed by atoms with E-state index in [1.165, 1.54) is 25.3 Å². The van der Waals surface area contributed by atoms with Crippen LogP contribution in [-0.4, -0.2) is 30.6 Å². The van der Waals surface area contributed by atoms with Crippen LogP contribution in [0.2, 0.25) is 0 Å². The number of halogens is 3. The number of nitrogens with zero attached hydrogens (tertiary/aromatic N) is 1. The van der Waals surface area contributed by atoms with Crippen LogP contribution in [0.5, 0.6) is 5.75 Å². The third-order valence-corrected chi connectivity index (χ3v) is 5.50. The summed E-state index contributed by atoms with van der Waals surface area (Å²) in [6, 6.07) is 21.1. The van der Waals surface area contributed by atoms with Crippen LogP contribution < -0.4 is 10.1 Å². The minimum atomic E-state index is -4.83. The molecule has 0 aliphatic heterocycles. The molecular formula is C27H21F3N2O4. The number of alkyl halides is 3. The van der Waals surface area contributed by atoms with Gasteiger partial charge in [0, 0.05) is 11.6 Å². The van der Waals surface area contributed by atoms with E-state index in [1.54, 1.807) is 30.3 Å². The van der Waals surface area contributed by atoms with Gasteiger partial charge in [-0.05, 0) is 29.3 Å². The Kier molecular flexibility index (Phi) is 7.19. The van der Waals surface area contributed by atoms with Crippen molar-refractivity contribution in [2.24, 2.45) is 0 Å². The fourth-order valence-electron chi connectivity index (χ4n) is 3.81. The molecule has 3 aromatic carbocycles. The van der Waals surface area contributed by atoms with E-state index in [1.807, 2.05) is 30.3 Å². The number of pyridine rings is 1. The number of para-hydroxylation sites is 1. The summed E-state index contributed by atoms with van der Waals surface area (Å²) in [6.45, 7) is -0.775. The molecule has 0 saturated carbocycles. The van der Waals surface area contributed by atoms with Gasteiger partial charge in [-0.1, -0.05) is 60.7 Å². The number of carbonyl (C=O) groups is 2. The van der Waals surface area contributed by atoms with E-state index in [2.05, 4.69) is 10.3 Å². The number of carbonyl (C=O) groups excluding carboxylic acids is 2. The maximum absolute atomic E-state index is 13.8. The van der Waals surface area contributed by atoms with Gasteiger partial charge in [0.05, 0.1) is 29.8 Å². The van der Waals surface area contributed by atoms with Gasteiger partial charge in [0.1, 0.15) is 5.75 Å². The third-order valence-electron chi connectivity index (χ3n) is 5.50. The molecule has 0 unspecified atom stereocenters. The lowest BCUT2D eigenvalue weighted by molar-refractivity contribution is -0.136. The molecule has 36 heavy (non-hydrogen) atoms. The Balaban J connectivity index is 1.53. The van der Waals surface area contributed by atoms with Crippen LogP contribution in [-0.2, 0) is 15.7 Å². The van der Waals surface area contributed by atoms with Crippen molar-refractivity contribution in [1.82, 2.24) is 10.3 Å². The molecule has 4 aromatic rings. The van der Waals surface area contributed by atoms with E-state index in [0.29, 0.717) is 5.75 Å². The lowest BCUT2D eigenvalue weighted by atomic mass is 9.98. The molecule has 0 saturated heterocycles. The maximum atomic E-state index is 13.8. The van der Waals surface area contributed by atoms with E-state index in [0.717, 1.165) is 17.3 Å². The number of hydrogen-bond acceptors (Lipinski definition) is 5. The first kappa shape index (κ1) is 24.7. The Labute approximate surface area is 204 Å². The zero-order valence-electron chi connectivity index (χ0n) is 19.1. The molecule has 9 heteroatoms. The summed E-state index contributed by atoms with van der Waals surface area (Å²) in [4.78, 5) is 29.2. The number of fused-ring (bicyclic) bond motifs is 1. The Morgan fingerprint density at radius 2 is 1.56 bits per heavy atom. The van der Waals surface area contributed by atoms with Crippen molar-refractivity contribution in [3.05, 3.63) is 107 Å². The van der Waals surface area contributed by atoms with Crippen LogP contribution in [0.3, 0.4) is 0 Å². The highest BCUT2D eigenvalue weighted by Gasteiger charge is 2.38. The molecule has 0 radical (unpaired) electrons. The number of esters is 1. The molecule has 1 N–H and O–H groups in total. The van der Waals surface area contributed by atoms with Gasteiger partial charge in [0.2, 0.25) is 0 Å². The molecule has 0 aliphatic carbocycles. The maximum Gasteiger partial charge on any atom is 0.417 e. The Bertz CT molecular complexity index is 1370. The molecule has 1 aromatic heterocycles. The first-order valence-corrected chi connectivity index (χ1v) is 10.9. The molecule has 0 fully saturated rings. The van der Waals surface area contributed by atoms with Gasteiger partial charge in [-0.2, -0.15) is 13.2 Å². The first-order chi connectivity index (χ1) is 17.3. The highest BCUT2D eigenvalue weighted by Crippen LogP contribution is 2.37. The predicted octanol–water partition coefficient (Wildman–Crippen LogP) is 5.32. The fraction of sp³-hybridized carbons (Fsp3) is 0.148. The largest absolute Gasteiger partial charge is 0.497 e. The number of aromatic nitrogens is 1. The van der Waals surface area contributed by atoms with E-state index in [9.17, 15) is 22.8 Å². The molecule has 0 aliphatic rings. The van der Waals surface area contributed by atoms with Crippen molar-refractivity contribution < 1.29 is 32.2 Å². The molecule has 1 atom stereocenters. The molecule has 184 valence electrons. The monoisotopic (exact) mass is 494 g/mol.